The first kappa shape index (κ1) is 11.0. The molecular weight excluding hydrogens is 274 g/mol. The van der Waals surface area contributed by atoms with Gasteiger partial charge < -0.3 is 5.73 Å². The molecule has 0 saturated carbocycles. The molecule has 0 saturated heterocycles. The quantitative estimate of drug-likeness (QED) is 0.854. The topological polar surface area (TPSA) is 26.0 Å². The van der Waals surface area contributed by atoms with Gasteiger partial charge in [-0.15, -0.1) is 0 Å². The zero-order valence-corrected chi connectivity index (χ0v) is 11.1. The van der Waals surface area contributed by atoms with Gasteiger partial charge in [-0.3, -0.25) is 0 Å². The molecule has 0 fully saturated rings. The standard InChI is InChI=1S/C15H14BrN/c16-12-5-6-14-11(8-12)7-10-3-1-2-4-13(10)15(14)9-17/h1-6,8,15H,7,9,17H2. The second-order valence-corrected chi connectivity index (χ2v) is 5.42. The van der Waals surface area contributed by atoms with E-state index in [1.54, 1.807) is 0 Å². The molecule has 0 amide bonds. The summed E-state index contributed by atoms with van der Waals surface area (Å²) in [7, 11) is 0. The SMILES string of the molecule is NCC1c2ccccc2Cc2cc(Br)ccc21. The van der Waals surface area contributed by atoms with Gasteiger partial charge in [0.15, 0.2) is 0 Å². The van der Waals surface area contributed by atoms with Crippen molar-refractivity contribution in [3.63, 3.8) is 0 Å². The van der Waals surface area contributed by atoms with Crippen LogP contribution in [-0.2, 0) is 6.42 Å². The van der Waals surface area contributed by atoms with Gasteiger partial charge >= 0.3 is 0 Å². The van der Waals surface area contributed by atoms with Crippen LogP contribution in [0.25, 0.3) is 0 Å². The molecule has 0 radical (unpaired) electrons. The van der Waals surface area contributed by atoms with Crippen LogP contribution in [0.3, 0.4) is 0 Å². The van der Waals surface area contributed by atoms with Crippen LogP contribution in [0.15, 0.2) is 46.9 Å². The second-order valence-electron chi connectivity index (χ2n) is 4.51. The first-order valence-electron chi connectivity index (χ1n) is 5.86. The van der Waals surface area contributed by atoms with Crippen molar-refractivity contribution in [2.75, 3.05) is 6.54 Å². The van der Waals surface area contributed by atoms with Crippen molar-refractivity contribution >= 4 is 15.9 Å². The smallest absolute Gasteiger partial charge is 0.0218 e. The normalized spacial score (nSPS) is 17.4. The number of benzene rings is 2. The van der Waals surface area contributed by atoms with Gasteiger partial charge in [-0.2, -0.15) is 0 Å². The number of halogens is 1. The van der Waals surface area contributed by atoms with Crippen LogP contribution >= 0.6 is 15.9 Å². The summed E-state index contributed by atoms with van der Waals surface area (Å²) in [6.07, 6.45) is 1.02. The van der Waals surface area contributed by atoms with Gasteiger partial charge in [-0.05, 0) is 40.8 Å². The highest BCUT2D eigenvalue weighted by Gasteiger charge is 2.23. The van der Waals surface area contributed by atoms with Crippen molar-refractivity contribution in [2.45, 2.75) is 12.3 Å². The number of nitrogens with two attached hydrogens (primary N) is 1. The lowest BCUT2D eigenvalue weighted by Gasteiger charge is -2.27. The minimum atomic E-state index is 0.350. The summed E-state index contributed by atoms with van der Waals surface area (Å²) in [6, 6.07) is 15.1. The Morgan fingerprint density at radius 2 is 1.82 bits per heavy atom. The van der Waals surface area contributed by atoms with Crippen LogP contribution in [0.1, 0.15) is 28.2 Å². The molecule has 2 aromatic carbocycles. The van der Waals surface area contributed by atoms with Gasteiger partial charge in [0.25, 0.3) is 0 Å². The maximum absolute atomic E-state index is 5.96. The fourth-order valence-electron chi connectivity index (χ4n) is 2.73. The fraction of sp³-hybridized carbons (Fsp3) is 0.200. The maximum Gasteiger partial charge on any atom is 0.0218 e. The Bertz CT molecular complexity index is 563. The average Bonchev–Trinajstić information content (AvgIpc) is 2.35. The molecule has 0 heterocycles. The van der Waals surface area contributed by atoms with Crippen molar-refractivity contribution in [3.05, 3.63) is 69.2 Å². The van der Waals surface area contributed by atoms with E-state index in [0.29, 0.717) is 12.5 Å². The fourth-order valence-corrected chi connectivity index (χ4v) is 3.14. The average molecular weight is 288 g/mol. The highest BCUT2D eigenvalue weighted by molar-refractivity contribution is 9.10. The molecule has 86 valence electrons. The van der Waals surface area contributed by atoms with Crippen molar-refractivity contribution in [2.24, 2.45) is 5.73 Å². The Kier molecular flexibility index (Phi) is 2.77. The number of hydrogen-bond donors (Lipinski definition) is 1. The predicted molar refractivity (Wildman–Crippen MR) is 74.3 cm³/mol. The van der Waals surface area contributed by atoms with Gasteiger partial charge in [0, 0.05) is 16.9 Å². The van der Waals surface area contributed by atoms with Crippen molar-refractivity contribution in [1.82, 2.24) is 0 Å². The zero-order chi connectivity index (χ0) is 11.8. The zero-order valence-electron chi connectivity index (χ0n) is 9.49. The third-order valence-electron chi connectivity index (χ3n) is 3.53. The van der Waals surface area contributed by atoms with Crippen LogP contribution in [0.4, 0.5) is 0 Å². The van der Waals surface area contributed by atoms with Crippen LogP contribution < -0.4 is 5.73 Å². The van der Waals surface area contributed by atoms with Crippen molar-refractivity contribution < 1.29 is 0 Å². The highest BCUT2D eigenvalue weighted by atomic mass is 79.9. The van der Waals surface area contributed by atoms with Crippen molar-refractivity contribution in [3.8, 4) is 0 Å². The minimum absolute atomic E-state index is 0.350. The van der Waals surface area contributed by atoms with E-state index < -0.39 is 0 Å². The molecule has 2 N–H and O–H groups in total. The summed E-state index contributed by atoms with van der Waals surface area (Å²) in [4.78, 5) is 0. The second kappa shape index (κ2) is 4.28. The lowest BCUT2D eigenvalue weighted by Crippen LogP contribution is -2.20. The van der Waals surface area contributed by atoms with Crippen LogP contribution in [-0.4, -0.2) is 6.54 Å². The van der Waals surface area contributed by atoms with Crippen LogP contribution in [0.2, 0.25) is 0 Å². The van der Waals surface area contributed by atoms with Gasteiger partial charge in [-0.25, -0.2) is 0 Å². The van der Waals surface area contributed by atoms with E-state index in [0.717, 1.165) is 10.9 Å². The third kappa shape index (κ3) is 1.81. The van der Waals surface area contributed by atoms with Gasteiger partial charge in [0.1, 0.15) is 0 Å². The summed E-state index contributed by atoms with van der Waals surface area (Å²) < 4.78 is 1.14. The first-order valence-corrected chi connectivity index (χ1v) is 6.65. The Hall–Kier alpha value is -1.12. The van der Waals surface area contributed by atoms with E-state index in [4.69, 9.17) is 5.73 Å². The molecule has 1 atom stereocenters. The van der Waals surface area contributed by atoms with E-state index in [2.05, 4.69) is 58.4 Å². The maximum atomic E-state index is 5.96. The first-order chi connectivity index (χ1) is 8.29. The van der Waals surface area contributed by atoms with E-state index in [9.17, 15) is 0 Å². The number of hydrogen-bond acceptors (Lipinski definition) is 1. The molecule has 1 nitrogen and oxygen atoms in total. The van der Waals surface area contributed by atoms with Gasteiger partial charge in [0.05, 0.1) is 0 Å². The Balaban J connectivity index is 2.18. The molecule has 17 heavy (non-hydrogen) atoms. The van der Waals surface area contributed by atoms with Gasteiger partial charge in [-0.1, -0.05) is 46.3 Å². The van der Waals surface area contributed by atoms with Crippen LogP contribution in [0.5, 0.6) is 0 Å². The lowest BCUT2D eigenvalue weighted by molar-refractivity contribution is 0.772. The molecule has 2 heteroatoms. The molecule has 0 spiro atoms. The summed E-state index contributed by atoms with van der Waals surface area (Å²) in [5.74, 6) is 0.350. The van der Waals surface area contributed by atoms with E-state index in [1.165, 1.54) is 22.3 Å². The molecule has 2 aromatic rings. The number of rotatable bonds is 1. The lowest BCUT2D eigenvalue weighted by atomic mass is 9.78. The summed E-state index contributed by atoms with van der Waals surface area (Å²) in [6.45, 7) is 0.672. The molecule has 1 unspecified atom stereocenters. The molecule has 0 aliphatic heterocycles. The molecule has 1 aliphatic carbocycles. The Morgan fingerprint density at radius 1 is 1.06 bits per heavy atom. The van der Waals surface area contributed by atoms with Crippen LogP contribution in [0, 0.1) is 0 Å². The van der Waals surface area contributed by atoms with E-state index in [1.807, 2.05) is 0 Å². The Morgan fingerprint density at radius 3 is 2.65 bits per heavy atom. The summed E-state index contributed by atoms with van der Waals surface area (Å²) in [5.41, 5.74) is 11.5. The molecule has 1 aliphatic rings. The molecule has 0 bridgehead atoms. The summed E-state index contributed by atoms with van der Waals surface area (Å²) >= 11 is 3.54. The largest absolute Gasteiger partial charge is 0.330 e. The number of fused-ring (bicyclic) bond motifs is 2. The van der Waals surface area contributed by atoms with Crippen molar-refractivity contribution in [1.29, 1.82) is 0 Å². The van der Waals surface area contributed by atoms with Gasteiger partial charge in [0.2, 0.25) is 0 Å². The monoisotopic (exact) mass is 287 g/mol. The predicted octanol–water partition coefficient (Wildman–Crippen LogP) is 3.44. The third-order valence-corrected chi connectivity index (χ3v) is 4.02. The highest BCUT2D eigenvalue weighted by Crippen LogP contribution is 2.36. The summed E-state index contributed by atoms with van der Waals surface area (Å²) in [5, 5.41) is 0. The molecular formula is C15H14BrN. The molecule has 0 aromatic heterocycles. The van der Waals surface area contributed by atoms with E-state index in [-0.39, 0.29) is 0 Å². The van der Waals surface area contributed by atoms with E-state index >= 15 is 0 Å². The minimum Gasteiger partial charge on any atom is -0.330 e. The Labute approximate surface area is 110 Å². The molecule has 3 rings (SSSR count).